The number of hydrogen-bond acceptors (Lipinski definition) is 4. The molecular formula is C18H29N3O3S. The van der Waals surface area contributed by atoms with Gasteiger partial charge in [-0.1, -0.05) is 24.3 Å². The molecular weight excluding hydrogens is 338 g/mol. The van der Waals surface area contributed by atoms with Crippen molar-refractivity contribution in [1.29, 1.82) is 0 Å². The molecule has 0 saturated carbocycles. The molecule has 25 heavy (non-hydrogen) atoms. The van der Waals surface area contributed by atoms with Crippen LogP contribution in [0.1, 0.15) is 49.3 Å². The normalized spacial score (nSPS) is 18.6. The minimum absolute atomic E-state index is 0.0192. The van der Waals surface area contributed by atoms with Crippen LogP contribution in [0.4, 0.5) is 0 Å². The molecule has 0 spiro atoms. The lowest BCUT2D eigenvalue weighted by molar-refractivity contribution is -0.135. The number of piperidine rings is 1. The average Bonchev–Trinajstić information content (AvgIpc) is 2.54. The van der Waals surface area contributed by atoms with Crippen LogP contribution in [0.2, 0.25) is 0 Å². The van der Waals surface area contributed by atoms with Crippen LogP contribution in [0.15, 0.2) is 24.3 Å². The number of carbonyl (C=O) groups excluding carboxylic acids is 1. The van der Waals surface area contributed by atoms with Crippen molar-refractivity contribution in [3.05, 3.63) is 35.4 Å². The van der Waals surface area contributed by atoms with Gasteiger partial charge in [0.25, 0.3) is 0 Å². The fourth-order valence-electron chi connectivity index (χ4n) is 3.36. The largest absolute Gasteiger partial charge is 0.336 e. The Morgan fingerprint density at radius 1 is 1.24 bits per heavy atom. The van der Waals surface area contributed by atoms with Gasteiger partial charge in [-0.15, -0.1) is 0 Å². The Balaban J connectivity index is 2.03. The third kappa shape index (κ3) is 6.41. The molecule has 140 valence electrons. The van der Waals surface area contributed by atoms with E-state index < -0.39 is 10.0 Å². The molecule has 2 N–H and O–H groups in total. The van der Waals surface area contributed by atoms with E-state index >= 15 is 0 Å². The quantitative estimate of drug-likeness (QED) is 0.797. The minimum Gasteiger partial charge on any atom is -0.336 e. The van der Waals surface area contributed by atoms with Crippen LogP contribution in [0, 0.1) is 0 Å². The number of hydrogen-bond donors (Lipinski definition) is 1. The summed E-state index contributed by atoms with van der Waals surface area (Å²) < 4.78 is 22.1. The summed E-state index contributed by atoms with van der Waals surface area (Å²) in [7, 11) is 0.572. The van der Waals surface area contributed by atoms with Gasteiger partial charge in [0.2, 0.25) is 15.9 Å². The summed E-state index contributed by atoms with van der Waals surface area (Å²) in [6, 6.07) is 8.55. The second-order valence-corrected chi connectivity index (χ2v) is 8.78. The molecule has 1 unspecified atom stereocenters. The van der Waals surface area contributed by atoms with Gasteiger partial charge in [-0.05, 0) is 50.9 Å². The molecule has 1 atom stereocenters. The van der Waals surface area contributed by atoms with Gasteiger partial charge in [0.05, 0.1) is 11.8 Å². The first-order chi connectivity index (χ1) is 11.8. The highest BCUT2D eigenvalue weighted by molar-refractivity contribution is 7.89. The Labute approximate surface area is 151 Å². The summed E-state index contributed by atoms with van der Waals surface area (Å²) >= 11 is 0. The number of likely N-dealkylation sites (tertiary alicyclic amines) is 1. The lowest BCUT2D eigenvalue weighted by Gasteiger charge is -2.36. The van der Waals surface area contributed by atoms with Crippen molar-refractivity contribution in [2.45, 2.75) is 44.7 Å². The van der Waals surface area contributed by atoms with E-state index in [0.29, 0.717) is 0 Å². The first-order valence-corrected chi connectivity index (χ1v) is 10.5. The maximum absolute atomic E-state index is 12.6. The van der Waals surface area contributed by atoms with Crippen LogP contribution in [0.25, 0.3) is 0 Å². The van der Waals surface area contributed by atoms with Crippen LogP contribution >= 0.6 is 0 Å². The molecule has 1 amide bonds. The number of amides is 1. The van der Waals surface area contributed by atoms with Gasteiger partial charge in [0.1, 0.15) is 0 Å². The second kappa shape index (κ2) is 8.78. The Morgan fingerprint density at radius 2 is 1.92 bits per heavy atom. The molecule has 0 aliphatic carbocycles. The SMILES string of the molecule is CN(C)Cc1ccc(C2CCCCN2C(=O)CCCS(N)(=O)=O)cc1. The molecule has 7 heteroatoms. The molecule has 0 radical (unpaired) electrons. The number of rotatable bonds is 7. The number of nitrogens with two attached hydrogens (primary N) is 1. The molecule has 1 saturated heterocycles. The fraction of sp³-hybridized carbons (Fsp3) is 0.611. The van der Waals surface area contributed by atoms with Crippen molar-refractivity contribution in [3.8, 4) is 0 Å². The van der Waals surface area contributed by atoms with Gasteiger partial charge in [-0.2, -0.15) is 0 Å². The Hall–Kier alpha value is -1.44. The predicted octanol–water partition coefficient (Wildman–Crippen LogP) is 1.87. The fourth-order valence-corrected chi connectivity index (χ4v) is 3.90. The van der Waals surface area contributed by atoms with Crippen molar-refractivity contribution < 1.29 is 13.2 Å². The predicted molar refractivity (Wildman–Crippen MR) is 99.3 cm³/mol. The van der Waals surface area contributed by atoms with Gasteiger partial charge in [0.15, 0.2) is 0 Å². The van der Waals surface area contributed by atoms with E-state index in [0.717, 1.165) is 37.9 Å². The van der Waals surface area contributed by atoms with E-state index in [-0.39, 0.29) is 30.5 Å². The van der Waals surface area contributed by atoms with E-state index in [1.807, 2.05) is 19.0 Å². The maximum atomic E-state index is 12.6. The molecule has 0 aromatic heterocycles. The zero-order valence-corrected chi connectivity index (χ0v) is 16.0. The Bertz CT molecular complexity index is 671. The molecule has 1 aromatic rings. The zero-order chi connectivity index (χ0) is 18.4. The molecule has 6 nitrogen and oxygen atoms in total. The van der Waals surface area contributed by atoms with E-state index in [1.54, 1.807) is 0 Å². The third-order valence-electron chi connectivity index (χ3n) is 4.51. The second-order valence-electron chi connectivity index (χ2n) is 7.05. The highest BCUT2D eigenvalue weighted by atomic mass is 32.2. The number of benzene rings is 1. The molecule has 1 fully saturated rings. The molecule has 1 aliphatic rings. The van der Waals surface area contributed by atoms with Crippen LogP contribution in [-0.2, 0) is 21.4 Å². The number of nitrogens with zero attached hydrogens (tertiary/aromatic N) is 2. The number of primary sulfonamides is 1. The van der Waals surface area contributed by atoms with Crippen molar-refractivity contribution in [1.82, 2.24) is 9.80 Å². The first kappa shape index (κ1) is 19.9. The molecule has 0 bridgehead atoms. The Morgan fingerprint density at radius 3 is 2.52 bits per heavy atom. The van der Waals surface area contributed by atoms with Crippen LogP contribution in [0.5, 0.6) is 0 Å². The average molecular weight is 368 g/mol. The van der Waals surface area contributed by atoms with Gasteiger partial charge >= 0.3 is 0 Å². The molecule has 1 heterocycles. The van der Waals surface area contributed by atoms with Gasteiger partial charge in [-0.25, -0.2) is 13.6 Å². The van der Waals surface area contributed by atoms with Crippen molar-refractivity contribution in [3.63, 3.8) is 0 Å². The monoisotopic (exact) mass is 367 g/mol. The number of carbonyl (C=O) groups is 1. The summed E-state index contributed by atoms with van der Waals surface area (Å²) in [5, 5.41) is 5.01. The number of sulfonamides is 1. The highest BCUT2D eigenvalue weighted by Gasteiger charge is 2.27. The maximum Gasteiger partial charge on any atom is 0.223 e. The van der Waals surface area contributed by atoms with Crippen molar-refractivity contribution in [2.75, 3.05) is 26.4 Å². The highest BCUT2D eigenvalue weighted by Crippen LogP contribution is 2.31. The lowest BCUT2D eigenvalue weighted by Crippen LogP contribution is -2.38. The minimum atomic E-state index is -3.51. The lowest BCUT2D eigenvalue weighted by atomic mass is 9.94. The van der Waals surface area contributed by atoms with Gasteiger partial charge < -0.3 is 9.80 Å². The smallest absolute Gasteiger partial charge is 0.223 e. The van der Waals surface area contributed by atoms with E-state index in [1.165, 1.54) is 5.56 Å². The standard InChI is InChI=1S/C18H29N3O3S/c1-20(2)14-15-8-10-16(11-9-15)17-6-3-4-12-21(17)18(22)7-5-13-25(19,23)24/h8-11,17H,3-7,12-14H2,1-2H3,(H2,19,23,24). The van der Waals surface area contributed by atoms with Crippen molar-refractivity contribution >= 4 is 15.9 Å². The van der Waals surface area contributed by atoms with Crippen LogP contribution in [0.3, 0.4) is 0 Å². The molecule has 2 rings (SSSR count). The van der Waals surface area contributed by atoms with Gasteiger partial charge in [-0.3, -0.25) is 4.79 Å². The van der Waals surface area contributed by atoms with Crippen LogP contribution in [-0.4, -0.2) is 50.5 Å². The Kier molecular flexibility index (Phi) is 6.98. The first-order valence-electron chi connectivity index (χ1n) is 8.80. The van der Waals surface area contributed by atoms with E-state index in [2.05, 4.69) is 29.2 Å². The summed E-state index contributed by atoms with van der Waals surface area (Å²) in [5.41, 5.74) is 2.40. The third-order valence-corrected chi connectivity index (χ3v) is 5.36. The van der Waals surface area contributed by atoms with Gasteiger partial charge in [0, 0.05) is 19.5 Å². The van der Waals surface area contributed by atoms with E-state index in [9.17, 15) is 13.2 Å². The molecule has 1 aromatic carbocycles. The van der Waals surface area contributed by atoms with Crippen LogP contribution < -0.4 is 5.14 Å². The topological polar surface area (TPSA) is 83.7 Å². The van der Waals surface area contributed by atoms with Crippen molar-refractivity contribution in [2.24, 2.45) is 5.14 Å². The zero-order valence-electron chi connectivity index (χ0n) is 15.1. The summed E-state index contributed by atoms with van der Waals surface area (Å²) in [4.78, 5) is 16.6. The summed E-state index contributed by atoms with van der Waals surface area (Å²) in [6.45, 7) is 1.62. The molecule has 1 aliphatic heterocycles. The summed E-state index contributed by atoms with van der Waals surface area (Å²) in [6.07, 6.45) is 3.56. The van der Waals surface area contributed by atoms with E-state index in [4.69, 9.17) is 5.14 Å². The summed E-state index contributed by atoms with van der Waals surface area (Å²) in [5.74, 6) is -0.123.